The van der Waals surface area contributed by atoms with Crippen molar-refractivity contribution in [2.75, 3.05) is 6.61 Å². The standard InChI is InChI=1S/C8H6N3O2S/c1-2-13-8(12)7-9-3-5-6(11-7)10-4-14-5/h3H,2H2,1H3. The zero-order valence-electron chi connectivity index (χ0n) is 7.35. The monoisotopic (exact) mass is 208 g/mol. The molecule has 0 spiro atoms. The average molecular weight is 208 g/mol. The Morgan fingerprint density at radius 3 is 3.36 bits per heavy atom. The van der Waals surface area contributed by atoms with Crippen molar-refractivity contribution in [3.8, 4) is 0 Å². The lowest BCUT2D eigenvalue weighted by atomic mass is 10.5. The number of fused-ring (bicyclic) bond motifs is 1. The molecular weight excluding hydrogens is 202 g/mol. The number of esters is 1. The molecule has 0 saturated heterocycles. The van der Waals surface area contributed by atoms with E-state index in [-0.39, 0.29) is 5.82 Å². The Hall–Kier alpha value is -1.56. The molecule has 0 amide bonds. The molecule has 0 aliphatic rings. The lowest BCUT2D eigenvalue weighted by Gasteiger charge is -1.98. The quantitative estimate of drug-likeness (QED) is 0.690. The van der Waals surface area contributed by atoms with Gasteiger partial charge in [0.2, 0.25) is 5.82 Å². The number of rotatable bonds is 2. The lowest BCUT2D eigenvalue weighted by molar-refractivity contribution is 0.0512. The van der Waals surface area contributed by atoms with Crippen LogP contribution in [-0.4, -0.2) is 27.5 Å². The summed E-state index contributed by atoms with van der Waals surface area (Å²) >= 11 is 1.31. The average Bonchev–Trinajstić information content (AvgIpc) is 2.64. The van der Waals surface area contributed by atoms with Crippen LogP contribution in [0.1, 0.15) is 17.5 Å². The third-order valence-corrected chi connectivity index (χ3v) is 2.19. The van der Waals surface area contributed by atoms with Crippen LogP contribution >= 0.6 is 11.3 Å². The molecule has 0 bridgehead atoms. The van der Waals surface area contributed by atoms with Gasteiger partial charge in [-0.25, -0.2) is 19.7 Å². The minimum Gasteiger partial charge on any atom is -0.460 e. The van der Waals surface area contributed by atoms with Gasteiger partial charge >= 0.3 is 5.97 Å². The number of nitrogens with zero attached hydrogens (tertiary/aromatic N) is 3. The zero-order valence-corrected chi connectivity index (χ0v) is 8.17. The van der Waals surface area contributed by atoms with Gasteiger partial charge in [-0.2, -0.15) is 0 Å². The third-order valence-electron chi connectivity index (χ3n) is 1.50. The Balaban J connectivity index is 2.38. The second-order valence-corrected chi connectivity index (χ2v) is 3.23. The predicted octanol–water partition coefficient (Wildman–Crippen LogP) is 1.06. The molecule has 0 aliphatic heterocycles. The van der Waals surface area contributed by atoms with Crippen molar-refractivity contribution in [3.05, 3.63) is 17.5 Å². The molecular formula is C8H6N3O2S. The van der Waals surface area contributed by atoms with E-state index in [0.29, 0.717) is 12.3 Å². The van der Waals surface area contributed by atoms with Crippen LogP contribution in [-0.2, 0) is 4.74 Å². The summed E-state index contributed by atoms with van der Waals surface area (Å²) in [5.41, 5.74) is 3.15. The minimum absolute atomic E-state index is 0.0404. The molecule has 0 unspecified atom stereocenters. The van der Waals surface area contributed by atoms with Gasteiger partial charge in [0.15, 0.2) is 11.2 Å². The van der Waals surface area contributed by atoms with Crippen LogP contribution in [0.5, 0.6) is 0 Å². The van der Waals surface area contributed by atoms with E-state index in [1.165, 1.54) is 11.3 Å². The van der Waals surface area contributed by atoms with Crippen molar-refractivity contribution in [1.82, 2.24) is 15.0 Å². The molecule has 2 rings (SSSR count). The second kappa shape index (κ2) is 3.67. The third kappa shape index (κ3) is 1.56. The molecule has 14 heavy (non-hydrogen) atoms. The summed E-state index contributed by atoms with van der Waals surface area (Å²) in [5, 5.41) is 0. The van der Waals surface area contributed by atoms with E-state index >= 15 is 0 Å². The van der Waals surface area contributed by atoms with E-state index in [1.54, 1.807) is 13.1 Å². The van der Waals surface area contributed by atoms with E-state index in [2.05, 4.69) is 20.5 Å². The molecule has 6 heteroatoms. The number of carbonyl (C=O) groups is 1. The van der Waals surface area contributed by atoms with Gasteiger partial charge < -0.3 is 4.74 Å². The first-order valence-electron chi connectivity index (χ1n) is 3.98. The van der Waals surface area contributed by atoms with Gasteiger partial charge in [-0.1, -0.05) is 0 Å². The zero-order chi connectivity index (χ0) is 9.97. The lowest BCUT2D eigenvalue weighted by Crippen LogP contribution is -2.09. The largest absolute Gasteiger partial charge is 0.460 e. The minimum atomic E-state index is -0.526. The van der Waals surface area contributed by atoms with Crippen LogP contribution in [0.3, 0.4) is 0 Å². The maximum absolute atomic E-state index is 11.2. The molecule has 1 radical (unpaired) electrons. The topological polar surface area (TPSA) is 65.0 Å². The smallest absolute Gasteiger partial charge is 0.376 e. The molecule has 2 heterocycles. The van der Waals surface area contributed by atoms with Gasteiger partial charge in [0, 0.05) is 0 Å². The van der Waals surface area contributed by atoms with Crippen LogP contribution in [0.25, 0.3) is 10.3 Å². The Kier molecular flexibility index (Phi) is 2.36. The molecule has 0 saturated carbocycles. The highest BCUT2D eigenvalue weighted by atomic mass is 32.1. The second-order valence-electron chi connectivity index (χ2n) is 2.41. The fourth-order valence-corrected chi connectivity index (χ4v) is 1.44. The molecule has 0 fully saturated rings. The van der Waals surface area contributed by atoms with Crippen molar-refractivity contribution >= 4 is 27.7 Å². The van der Waals surface area contributed by atoms with E-state index in [1.807, 2.05) is 0 Å². The van der Waals surface area contributed by atoms with Gasteiger partial charge in [0.25, 0.3) is 0 Å². The van der Waals surface area contributed by atoms with Crippen molar-refractivity contribution in [3.63, 3.8) is 0 Å². The molecule has 71 valence electrons. The van der Waals surface area contributed by atoms with E-state index in [4.69, 9.17) is 4.74 Å². The first-order valence-corrected chi connectivity index (χ1v) is 4.79. The van der Waals surface area contributed by atoms with Crippen LogP contribution in [0.4, 0.5) is 0 Å². The molecule has 5 nitrogen and oxygen atoms in total. The SMILES string of the molecule is CCOC(=O)c1ncc2s[c]nc2n1. The Morgan fingerprint density at radius 1 is 1.71 bits per heavy atom. The van der Waals surface area contributed by atoms with Gasteiger partial charge in [-0.15, -0.1) is 11.3 Å². The number of ether oxygens (including phenoxy) is 1. The summed E-state index contributed by atoms with van der Waals surface area (Å²) in [4.78, 5) is 22.9. The van der Waals surface area contributed by atoms with Gasteiger partial charge in [0.1, 0.15) is 0 Å². The van der Waals surface area contributed by atoms with E-state index in [0.717, 1.165) is 4.70 Å². The van der Waals surface area contributed by atoms with Crippen molar-refractivity contribution in [2.24, 2.45) is 0 Å². The number of hydrogen-bond acceptors (Lipinski definition) is 6. The fraction of sp³-hybridized carbons (Fsp3) is 0.250. The van der Waals surface area contributed by atoms with Crippen LogP contribution in [0, 0.1) is 5.51 Å². The first-order chi connectivity index (χ1) is 6.81. The molecule has 2 aromatic heterocycles. The summed E-state index contributed by atoms with van der Waals surface area (Å²) in [7, 11) is 0. The molecule has 0 aliphatic carbocycles. The fourth-order valence-electron chi connectivity index (χ4n) is 0.923. The van der Waals surface area contributed by atoms with Crippen LogP contribution in [0.15, 0.2) is 6.20 Å². The van der Waals surface area contributed by atoms with Gasteiger partial charge in [0.05, 0.1) is 17.5 Å². The molecule has 0 aromatic carbocycles. The Morgan fingerprint density at radius 2 is 2.57 bits per heavy atom. The summed E-state index contributed by atoms with van der Waals surface area (Å²) in [6.45, 7) is 2.04. The highest BCUT2D eigenvalue weighted by Crippen LogP contribution is 2.13. The molecule has 0 atom stereocenters. The van der Waals surface area contributed by atoms with Crippen LogP contribution < -0.4 is 0 Å². The first kappa shape index (κ1) is 9.01. The van der Waals surface area contributed by atoms with Crippen LogP contribution in [0.2, 0.25) is 0 Å². The highest BCUT2D eigenvalue weighted by Gasteiger charge is 2.11. The van der Waals surface area contributed by atoms with E-state index < -0.39 is 5.97 Å². The number of aromatic nitrogens is 3. The Bertz CT molecular complexity index is 468. The Labute approximate surface area is 83.8 Å². The number of carbonyl (C=O) groups excluding carboxylic acids is 1. The van der Waals surface area contributed by atoms with E-state index in [9.17, 15) is 4.79 Å². The van der Waals surface area contributed by atoms with Crippen molar-refractivity contribution in [1.29, 1.82) is 0 Å². The maximum atomic E-state index is 11.2. The van der Waals surface area contributed by atoms with Gasteiger partial charge in [-0.3, -0.25) is 0 Å². The summed E-state index contributed by atoms with van der Waals surface area (Å²) < 4.78 is 5.56. The van der Waals surface area contributed by atoms with Crippen molar-refractivity contribution in [2.45, 2.75) is 6.92 Å². The summed E-state index contributed by atoms with van der Waals surface area (Å²) in [6, 6.07) is 0. The number of hydrogen-bond donors (Lipinski definition) is 0. The predicted molar refractivity (Wildman–Crippen MR) is 50.0 cm³/mol. The highest BCUT2D eigenvalue weighted by molar-refractivity contribution is 7.16. The van der Waals surface area contributed by atoms with Gasteiger partial charge in [-0.05, 0) is 6.92 Å². The van der Waals surface area contributed by atoms with Crippen molar-refractivity contribution < 1.29 is 9.53 Å². The maximum Gasteiger partial charge on any atom is 0.376 e. The molecule has 0 N–H and O–H groups in total. The normalized spacial score (nSPS) is 10.4. The summed E-state index contributed by atoms with van der Waals surface area (Å²) in [5.74, 6) is -0.485. The molecule has 2 aromatic rings. The number of thiazole rings is 1. The summed E-state index contributed by atoms with van der Waals surface area (Å²) in [6.07, 6.45) is 1.54.